The molecule has 4 heteroatoms. The third-order valence-electron chi connectivity index (χ3n) is 2.25. The summed E-state index contributed by atoms with van der Waals surface area (Å²) in [4.78, 5) is 11.8. The van der Waals surface area contributed by atoms with E-state index >= 15 is 0 Å². The number of hydrogen-bond acceptors (Lipinski definition) is 1. The standard InChI is InChI=1S/C12H15BrClNO/c1-9(3-2-8-14)15-12(16)10-4-6-11(13)7-5-10/h4-7,9H,2-3,8H2,1H3,(H,15,16). The van der Waals surface area contributed by atoms with Gasteiger partial charge in [0.2, 0.25) is 0 Å². The lowest BCUT2D eigenvalue weighted by atomic mass is 10.1. The van der Waals surface area contributed by atoms with E-state index in [4.69, 9.17) is 11.6 Å². The maximum atomic E-state index is 11.8. The highest BCUT2D eigenvalue weighted by Crippen LogP contribution is 2.10. The molecule has 0 spiro atoms. The molecule has 0 saturated heterocycles. The average molecular weight is 305 g/mol. The van der Waals surface area contributed by atoms with E-state index in [0.29, 0.717) is 11.4 Å². The van der Waals surface area contributed by atoms with Gasteiger partial charge in [-0.2, -0.15) is 0 Å². The van der Waals surface area contributed by atoms with Crippen molar-refractivity contribution in [2.45, 2.75) is 25.8 Å². The molecule has 0 bridgehead atoms. The molecule has 1 aromatic carbocycles. The van der Waals surface area contributed by atoms with Gasteiger partial charge in [0.1, 0.15) is 0 Å². The van der Waals surface area contributed by atoms with Crippen molar-refractivity contribution < 1.29 is 4.79 Å². The van der Waals surface area contributed by atoms with Crippen LogP contribution < -0.4 is 5.32 Å². The molecule has 1 aromatic rings. The lowest BCUT2D eigenvalue weighted by Gasteiger charge is -2.13. The van der Waals surface area contributed by atoms with E-state index < -0.39 is 0 Å². The van der Waals surface area contributed by atoms with Crippen LogP contribution in [-0.4, -0.2) is 17.8 Å². The first-order valence-electron chi connectivity index (χ1n) is 5.26. The van der Waals surface area contributed by atoms with Crippen LogP contribution >= 0.6 is 27.5 Å². The van der Waals surface area contributed by atoms with E-state index in [1.165, 1.54) is 0 Å². The first kappa shape index (κ1) is 13.5. The summed E-state index contributed by atoms with van der Waals surface area (Å²) in [7, 11) is 0. The van der Waals surface area contributed by atoms with Crippen LogP contribution in [0.3, 0.4) is 0 Å². The summed E-state index contributed by atoms with van der Waals surface area (Å²) in [5.41, 5.74) is 0.681. The zero-order valence-electron chi connectivity index (χ0n) is 9.17. The highest BCUT2D eigenvalue weighted by molar-refractivity contribution is 9.10. The van der Waals surface area contributed by atoms with Crippen LogP contribution in [0.1, 0.15) is 30.1 Å². The van der Waals surface area contributed by atoms with Crippen molar-refractivity contribution in [3.8, 4) is 0 Å². The van der Waals surface area contributed by atoms with Crippen LogP contribution in [0.25, 0.3) is 0 Å². The van der Waals surface area contributed by atoms with Crippen LogP contribution in [0.5, 0.6) is 0 Å². The molecule has 0 aliphatic carbocycles. The molecule has 1 N–H and O–H groups in total. The summed E-state index contributed by atoms with van der Waals surface area (Å²) in [5, 5.41) is 2.94. The SMILES string of the molecule is CC(CCCCl)NC(=O)c1ccc(Br)cc1. The molecule has 16 heavy (non-hydrogen) atoms. The molecule has 2 nitrogen and oxygen atoms in total. The molecular weight excluding hydrogens is 289 g/mol. The van der Waals surface area contributed by atoms with Gasteiger partial charge >= 0.3 is 0 Å². The van der Waals surface area contributed by atoms with Crippen molar-refractivity contribution >= 4 is 33.4 Å². The van der Waals surface area contributed by atoms with Gasteiger partial charge in [-0.25, -0.2) is 0 Å². The third-order valence-corrected chi connectivity index (χ3v) is 3.05. The average Bonchev–Trinajstić information content (AvgIpc) is 2.27. The smallest absolute Gasteiger partial charge is 0.251 e. The Bertz CT molecular complexity index is 339. The summed E-state index contributed by atoms with van der Waals surface area (Å²) in [6.45, 7) is 1.99. The molecule has 1 amide bonds. The number of amides is 1. The van der Waals surface area contributed by atoms with Gasteiger partial charge in [0, 0.05) is 22.0 Å². The van der Waals surface area contributed by atoms with Gasteiger partial charge < -0.3 is 5.32 Å². The fourth-order valence-electron chi connectivity index (χ4n) is 1.36. The van der Waals surface area contributed by atoms with Gasteiger partial charge in [-0.3, -0.25) is 4.79 Å². The Balaban J connectivity index is 2.48. The topological polar surface area (TPSA) is 29.1 Å². The Hall–Kier alpha value is -0.540. The molecule has 0 heterocycles. The van der Waals surface area contributed by atoms with E-state index in [2.05, 4.69) is 21.2 Å². The summed E-state index contributed by atoms with van der Waals surface area (Å²) >= 11 is 8.93. The Kier molecular flexibility index (Phi) is 5.85. The summed E-state index contributed by atoms with van der Waals surface area (Å²) in [6, 6.07) is 7.48. The lowest BCUT2D eigenvalue weighted by molar-refractivity contribution is 0.0938. The summed E-state index contributed by atoms with van der Waals surface area (Å²) in [6.07, 6.45) is 1.83. The monoisotopic (exact) mass is 303 g/mol. The number of rotatable bonds is 5. The molecule has 0 fully saturated rings. The highest BCUT2D eigenvalue weighted by Gasteiger charge is 2.08. The number of carbonyl (C=O) groups excluding carboxylic acids is 1. The maximum Gasteiger partial charge on any atom is 0.251 e. The minimum Gasteiger partial charge on any atom is -0.350 e. The van der Waals surface area contributed by atoms with Crippen LogP contribution in [0, 0.1) is 0 Å². The Morgan fingerprint density at radius 2 is 2.06 bits per heavy atom. The maximum absolute atomic E-state index is 11.8. The fourth-order valence-corrected chi connectivity index (χ4v) is 1.78. The molecule has 0 aliphatic heterocycles. The van der Waals surface area contributed by atoms with Crippen LogP contribution in [0.4, 0.5) is 0 Å². The number of carbonyl (C=O) groups is 1. The second-order valence-electron chi connectivity index (χ2n) is 3.71. The van der Waals surface area contributed by atoms with Crippen molar-refractivity contribution in [3.05, 3.63) is 34.3 Å². The minimum absolute atomic E-state index is 0.0328. The molecule has 0 aliphatic rings. The molecule has 0 aromatic heterocycles. The van der Waals surface area contributed by atoms with Crippen LogP contribution in [-0.2, 0) is 0 Å². The predicted molar refractivity (Wildman–Crippen MR) is 71.0 cm³/mol. The second kappa shape index (κ2) is 6.92. The number of hydrogen-bond donors (Lipinski definition) is 1. The normalized spacial score (nSPS) is 12.2. The molecule has 1 unspecified atom stereocenters. The molecule has 88 valence electrons. The van der Waals surface area contributed by atoms with Gasteiger partial charge in [-0.05, 0) is 44.0 Å². The molecular formula is C12H15BrClNO. The lowest BCUT2D eigenvalue weighted by Crippen LogP contribution is -2.32. The Labute approximate surface area is 110 Å². The molecule has 0 radical (unpaired) electrons. The van der Waals surface area contributed by atoms with Gasteiger partial charge in [0.25, 0.3) is 5.91 Å². The van der Waals surface area contributed by atoms with Crippen molar-refractivity contribution in [1.29, 1.82) is 0 Å². The molecule has 1 rings (SSSR count). The summed E-state index contributed by atoms with van der Waals surface area (Å²) < 4.78 is 0.972. The Morgan fingerprint density at radius 1 is 1.44 bits per heavy atom. The van der Waals surface area contributed by atoms with E-state index in [0.717, 1.165) is 17.3 Å². The van der Waals surface area contributed by atoms with E-state index in [-0.39, 0.29) is 11.9 Å². The predicted octanol–water partition coefficient (Wildman–Crippen LogP) is 3.59. The van der Waals surface area contributed by atoms with Crippen LogP contribution in [0.2, 0.25) is 0 Å². The highest BCUT2D eigenvalue weighted by atomic mass is 79.9. The van der Waals surface area contributed by atoms with Crippen LogP contribution in [0.15, 0.2) is 28.7 Å². The number of benzene rings is 1. The largest absolute Gasteiger partial charge is 0.350 e. The van der Waals surface area contributed by atoms with E-state index in [9.17, 15) is 4.79 Å². The zero-order valence-corrected chi connectivity index (χ0v) is 11.5. The van der Waals surface area contributed by atoms with Gasteiger partial charge in [-0.1, -0.05) is 15.9 Å². The van der Waals surface area contributed by atoms with Crippen molar-refractivity contribution in [2.24, 2.45) is 0 Å². The van der Waals surface area contributed by atoms with E-state index in [1.54, 1.807) is 12.1 Å². The Morgan fingerprint density at radius 3 is 2.62 bits per heavy atom. The van der Waals surface area contributed by atoms with E-state index in [1.807, 2.05) is 19.1 Å². The number of halogens is 2. The number of nitrogens with one attached hydrogen (secondary N) is 1. The first-order valence-corrected chi connectivity index (χ1v) is 6.58. The third kappa shape index (κ3) is 4.54. The van der Waals surface area contributed by atoms with Crippen molar-refractivity contribution in [1.82, 2.24) is 5.32 Å². The number of alkyl halides is 1. The zero-order chi connectivity index (χ0) is 12.0. The van der Waals surface area contributed by atoms with Gasteiger partial charge in [0.05, 0.1) is 0 Å². The molecule has 0 saturated carbocycles. The molecule has 1 atom stereocenters. The van der Waals surface area contributed by atoms with Gasteiger partial charge in [-0.15, -0.1) is 11.6 Å². The fraction of sp³-hybridized carbons (Fsp3) is 0.417. The second-order valence-corrected chi connectivity index (χ2v) is 5.01. The minimum atomic E-state index is -0.0328. The first-order chi connectivity index (χ1) is 7.63. The summed E-state index contributed by atoms with van der Waals surface area (Å²) in [5.74, 6) is 0.605. The van der Waals surface area contributed by atoms with Crippen molar-refractivity contribution in [3.63, 3.8) is 0 Å². The van der Waals surface area contributed by atoms with Crippen molar-refractivity contribution in [2.75, 3.05) is 5.88 Å². The quantitative estimate of drug-likeness (QED) is 0.828. The van der Waals surface area contributed by atoms with Gasteiger partial charge in [0.15, 0.2) is 0 Å².